The molecule has 0 bridgehead atoms. The van der Waals surface area contributed by atoms with Crippen molar-refractivity contribution < 1.29 is 14.3 Å². The minimum Gasteiger partial charge on any atom is -0.489 e. The molecule has 3 aromatic carbocycles. The molecule has 6 heteroatoms. The highest BCUT2D eigenvalue weighted by atomic mass is 127. The van der Waals surface area contributed by atoms with E-state index in [-0.39, 0.29) is 12.5 Å². The second-order valence-corrected chi connectivity index (χ2v) is 7.12. The molecule has 3 rings (SSSR count). The van der Waals surface area contributed by atoms with Crippen LogP contribution in [0.4, 0.5) is 0 Å². The molecule has 0 aliphatic heterocycles. The summed E-state index contributed by atoms with van der Waals surface area (Å²) in [5, 5.41) is 3.94. The molecule has 142 valence electrons. The molecule has 0 saturated carbocycles. The van der Waals surface area contributed by atoms with Gasteiger partial charge < -0.3 is 9.47 Å². The van der Waals surface area contributed by atoms with E-state index in [2.05, 4.69) is 33.1 Å². The highest BCUT2D eigenvalue weighted by molar-refractivity contribution is 14.1. The van der Waals surface area contributed by atoms with Gasteiger partial charge in [-0.25, -0.2) is 5.43 Å². The van der Waals surface area contributed by atoms with Crippen molar-refractivity contribution in [2.45, 2.75) is 6.61 Å². The van der Waals surface area contributed by atoms with Gasteiger partial charge in [0.15, 0.2) is 6.61 Å². The predicted molar refractivity (Wildman–Crippen MR) is 118 cm³/mol. The summed E-state index contributed by atoms with van der Waals surface area (Å²) in [6, 6.07) is 24.9. The second kappa shape index (κ2) is 10.5. The topological polar surface area (TPSA) is 59.9 Å². The molecule has 0 atom stereocenters. The van der Waals surface area contributed by atoms with Gasteiger partial charge in [0, 0.05) is 3.57 Å². The molecule has 0 aliphatic rings. The lowest BCUT2D eigenvalue weighted by molar-refractivity contribution is -0.123. The van der Waals surface area contributed by atoms with Crippen LogP contribution in [0.5, 0.6) is 11.5 Å². The van der Waals surface area contributed by atoms with Gasteiger partial charge in [-0.1, -0.05) is 30.3 Å². The third kappa shape index (κ3) is 6.70. The summed E-state index contributed by atoms with van der Waals surface area (Å²) in [6.45, 7) is 0.426. The molecule has 1 N–H and O–H groups in total. The average molecular weight is 486 g/mol. The molecular weight excluding hydrogens is 467 g/mol. The second-order valence-electron chi connectivity index (χ2n) is 5.88. The van der Waals surface area contributed by atoms with Crippen molar-refractivity contribution in [2.24, 2.45) is 5.10 Å². The summed E-state index contributed by atoms with van der Waals surface area (Å²) in [4.78, 5) is 11.8. The van der Waals surface area contributed by atoms with Gasteiger partial charge in [-0.3, -0.25) is 4.79 Å². The first-order chi connectivity index (χ1) is 13.7. The number of halogens is 1. The summed E-state index contributed by atoms with van der Waals surface area (Å²) >= 11 is 2.21. The van der Waals surface area contributed by atoms with Gasteiger partial charge in [-0.2, -0.15) is 5.10 Å². The SMILES string of the molecule is O=C(COc1ccc(I)cc1)N/N=C\c1ccc(OCc2ccccc2)cc1. The van der Waals surface area contributed by atoms with E-state index in [1.165, 1.54) is 0 Å². The monoisotopic (exact) mass is 486 g/mol. The Morgan fingerprint density at radius 2 is 1.54 bits per heavy atom. The van der Waals surface area contributed by atoms with Gasteiger partial charge in [-0.15, -0.1) is 0 Å². The zero-order chi connectivity index (χ0) is 19.6. The zero-order valence-electron chi connectivity index (χ0n) is 15.0. The fourth-order valence-corrected chi connectivity index (χ4v) is 2.64. The molecule has 0 aromatic heterocycles. The first kappa shape index (κ1) is 19.9. The van der Waals surface area contributed by atoms with E-state index in [0.29, 0.717) is 12.4 Å². The number of rotatable bonds is 8. The van der Waals surface area contributed by atoms with Crippen LogP contribution >= 0.6 is 22.6 Å². The third-order valence-electron chi connectivity index (χ3n) is 3.71. The summed E-state index contributed by atoms with van der Waals surface area (Å²) < 4.78 is 12.2. The predicted octanol–water partition coefficient (Wildman–Crippen LogP) is 4.40. The number of nitrogens with zero attached hydrogens (tertiary/aromatic N) is 1. The summed E-state index contributed by atoms with van der Waals surface area (Å²) in [5.74, 6) is 1.10. The van der Waals surface area contributed by atoms with E-state index in [1.54, 1.807) is 6.21 Å². The number of carbonyl (C=O) groups excluding carboxylic acids is 1. The van der Waals surface area contributed by atoms with Crippen LogP contribution in [0.1, 0.15) is 11.1 Å². The molecule has 0 radical (unpaired) electrons. The van der Waals surface area contributed by atoms with E-state index < -0.39 is 0 Å². The Hall–Kier alpha value is -2.87. The molecule has 28 heavy (non-hydrogen) atoms. The fraction of sp³-hybridized carbons (Fsp3) is 0.0909. The minimum absolute atomic E-state index is 0.0931. The molecule has 0 aliphatic carbocycles. The first-order valence-corrected chi connectivity index (χ1v) is 9.74. The Morgan fingerprint density at radius 3 is 2.25 bits per heavy atom. The maximum atomic E-state index is 11.8. The Bertz CT molecular complexity index is 911. The standard InChI is InChI=1S/C22H19IN2O3/c23-19-8-12-21(13-9-19)28-16-22(26)25-24-14-17-6-10-20(11-7-17)27-15-18-4-2-1-3-5-18/h1-14H,15-16H2,(H,25,26)/b24-14-. The van der Waals surface area contributed by atoms with Crippen LogP contribution in [0.25, 0.3) is 0 Å². The van der Waals surface area contributed by atoms with E-state index in [9.17, 15) is 4.79 Å². The third-order valence-corrected chi connectivity index (χ3v) is 4.43. The van der Waals surface area contributed by atoms with Gasteiger partial charge in [0.1, 0.15) is 18.1 Å². The summed E-state index contributed by atoms with van der Waals surface area (Å²) in [5.41, 5.74) is 4.41. The number of hydrogen-bond donors (Lipinski definition) is 1. The van der Waals surface area contributed by atoms with Crippen LogP contribution in [0.2, 0.25) is 0 Å². The van der Waals surface area contributed by atoms with Crippen molar-refractivity contribution in [3.05, 3.63) is 93.6 Å². The van der Waals surface area contributed by atoms with Crippen molar-refractivity contribution >= 4 is 34.7 Å². The van der Waals surface area contributed by atoms with Gasteiger partial charge in [0.2, 0.25) is 0 Å². The number of nitrogens with one attached hydrogen (secondary N) is 1. The van der Waals surface area contributed by atoms with Gasteiger partial charge in [0.05, 0.1) is 6.21 Å². The Labute approximate surface area is 177 Å². The molecule has 5 nitrogen and oxygen atoms in total. The van der Waals surface area contributed by atoms with E-state index >= 15 is 0 Å². The molecular formula is C22H19IN2O3. The maximum Gasteiger partial charge on any atom is 0.277 e. The smallest absolute Gasteiger partial charge is 0.277 e. The van der Waals surface area contributed by atoms with E-state index in [4.69, 9.17) is 9.47 Å². The normalized spacial score (nSPS) is 10.6. The van der Waals surface area contributed by atoms with Crippen LogP contribution < -0.4 is 14.9 Å². The zero-order valence-corrected chi connectivity index (χ0v) is 17.2. The van der Waals surface area contributed by atoms with Crippen LogP contribution in [0, 0.1) is 3.57 Å². The number of ether oxygens (including phenoxy) is 2. The Kier molecular flexibility index (Phi) is 7.43. The molecule has 0 spiro atoms. The Balaban J connectivity index is 1.41. The van der Waals surface area contributed by atoms with Crippen LogP contribution in [0.3, 0.4) is 0 Å². The number of amides is 1. The van der Waals surface area contributed by atoms with Crippen LogP contribution in [0.15, 0.2) is 84.0 Å². The number of benzene rings is 3. The molecule has 0 unspecified atom stereocenters. The number of carbonyl (C=O) groups is 1. The molecule has 3 aromatic rings. The fourth-order valence-electron chi connectivity index (χ4n) is 2.28. The maximum absolute atomic E-state index is 11.8. The van der Waals surface area contributed by atoms with Crippen molar-refractivity contribution in [1.82, 2.24) is 5.43 Å². The Morgan fingerprint density at radius 1 is 0.893 bits per heavy atom. The quantitative estimate of drug-likeness (QED) is 0.292. The van der Waals surface area contributed by atoms with Crippen molar-refractivity contribution in [3.8, 4) is 11.5 Å². The first-order valence-electron chi connectivity index (χ1n) is 8.66. The largest absolute Gasteiger partial charge is 0.489 e. The van der Waals surface area contributed by atoms with Crippen LogP contribution in [-0.2, 0) is 11.4 Å². The molecule has 1 amide bonds. The lowest BCUT2D eigenvalue weighted by Crippen LogP contribution is -2.24. The molecule has 0 fully saturated rings. The van der Waals surface area contributed by atoms with Crippen LogP contribution in [-0.4, -0.2) is 18.7 Å². The number of hydrogen-bond acceptors (Lipinski definition) is 4. The highest BCUT2D eigenvalue weighted by Gasteiger charge is 2.01. The van der Waals surface area contributed by atoms with Crippen molar-refractivity contribution in [1.29, 1.82) is 0 Å². The summed E-state index contributed by atoms with van der Waals surface area (Å²) in [6.07, 6.45) is 1.57. The molecule has 0 saturated heterocycles. The van der Waals surface area contributed by atoms with Crippen molar-refractivity contribution in [3.63, 3.8) is 0 Å². The highest BCUT2D eigenvalue weighted by Crippen LogP contribution is 2.14. The van der Waals surface area contributed by atoms with Gasteiger partial charge in [-0.05, 0) is 82.2 Å². The number of hydrazone groups is 1. The summed E-state index contributed by atoms with van der Waals surface area (Å²) in [7, 11) is 0. The average Bonchev–Trinajstić information content (AvgIpc) is 2.73. The van der Waals surface area contributed by atoms with E-state index in [0.717, 1.165) is 20.4 Å². The van der Waals surface area contributed by atoms with E-state index in [1.807, 2.05) is 78.9 Å². The lowest BCUT2D eigenvalue weighted by atomic mass is 10.2. The lowest BCUT2D eigenvalue weighted by Gasteiger charge is -2.06. The minimum atomic E-state index is -0.322. The van der Waals surface area contributed by atoms with Crippen molar-refractivity contribution in [2.75, 3.05) is 6.61 Å². The van der Waals surface area contributed by atoms with Gasteiger partial charge in [0.25, 0.3) is 5.91 Å². The van der Waals surface area contributed by atoms with Gasteiger partial charge >= 0.3 is 0 Å². The molecule has 0 heterocycles.